The maximum atomic E-state index is 16.8. The van der Waals surface area contributed by atoms with Crippen molar-refractivity contribution in [2.75, 3.05) is 12.3 Å². The fourth-order valence-electron chi connectivity index (χ4n) is 6.25. The zero-order chi connectivity index (χ0) is 33.8. The average Bonchev–Trinajstić information content (AvgIpc) is 3.27. The highest BCUT2D eigenvalue weighted by Gasteiger charge is 2.97. The maximum Gasteiger partial charge on any atom is 0.460 e. The molecule has 3 heterocycles. The second-order valence-electron chi connectivity index (χ2n) is 12.0. The lowest BCUT2D eigenvalue weighted by atomic mass is 9.86. The van der Waals surface area contributed by atoms with Crippen molar-refractivity contribution in [2.24, 2.45) is 0 Å². The fraction of sp³-hybridized carbons (Fsp3) is 0.533. The third kappa shape index (κ3) is 5.46. The summed E-state index contributed by atoms with van der Waals surface area (Å²) in [4.78, 5) is 25.4. The third-order valence-electron chi connectivity index (χ3n) is 8.72. The first kappa shape index (κ1) is 33.2. The minimum absolute atomic E-state index is 0.0154. The van der Waals surface area contributed by atoms with Crippen LogP contribution in [0.2, 0.25) is 0 Å². The summed E-state index contributed by atoms with van der Waals surface area (Å²) in [6.45, 7) is 8.50. The van der Waals surface area contributed by atoms with Gasteiger partial charge in [0.1, 0.15) is 17.9 Å². The van der Waals surface area contributed by atoms with E-state index in [1.807, 2.05) is 0 Å². The molecule has 0 spiro atoms. The number of nitrogens with one attached hydrogen (secondary N) is 1. The predicted octanol–water partition coefficient (Wildman–Crippen LogP) is 3.48. The molecule has 2 aromatic heterocycles. The number of hydrogen-bond acceptors (Lipinski definition) is 13. The van der Waals surface area contributed by atoms with Crippen molar-refractivity contribution in [3.63, 3.8) is 0 Å². The van der Waals surface area contributed by atoms with Crippen LogP contribution in [0.4, 0.5) is 10.3 Å². The van der Waals surface area contributed by atoms with Crippen LogP contribution in [0, 0.1) is 0 Å². The van der Waals surface area contributed by atoms with Crippen LogP contribution in [0.15, 0.2) is 48.8 Å². The van der Waals surface area contributed by atoms with Gasteiger partial charge in [-0.15, -0.1) is 0 Å². The number of imidazole rings is 1. The summed E-state index contributed by atoms with van der Waals surface area (Å²) in [6.07, 6.45) is 1.45. The molecule has 3 fully saturated rings. The Morgan fingerprint density at radius 3 is 2.62 bits per heavy atom. The number of nitrogens with zero attached hydrogens (tertiary/aromatic N) is 4. The summed E-state index contributed by atoms with van der Waals surface area (Å²) >= 11 is 0. The van der Waals surface area contributed by atoms with Crippen LogP contribution in [0.3, 0.4) is 0 Å². The summed E-state index contributed by atoms with van der Waals surface area (Å²) < 4.78 is 60.4. The van der Waals surface area contributed by atoms with E-state index in [0.717, 1.165) is 23.8 Å². The first-order valence-corrected chi connectivity index (χ1v) is 16.9. The Bertz CT molecular complexity index is 1720. The molecule has 1 aliphatic heterocycles. The lowest BCUT2D eigenvalue weighted by Gasteiger charge is -2.36. The minimum Gasteiger partial charge on any atom is -0.476 e. The SMILES string of the molecule is C=C(C)[C@]1(O)[C@H](n2cnc3c(OCC)nc(N)nc32)O[C@]2(F)C(O[P@@](=O)(N[C@@H](C)C(=O)OC3CCCCC3)Oc3ccccc3)[C@@]21O. The number of rotatable bonds is 12. The molecule has 6 rings (SSSR count). The third-order valence-corrected chi connectivity index (χ3v) is 10.4. The smallest absolute Gasteiger partial charge is 0.460 e. The number of anilines is 1. The number of ether oxygens (including phenoxy) is 3. The predicted molar refractivity (Wildman–Crippen MR) is 165 cm³/mol. The van der Waals surface area contributed by atoms with Crippen molar-refractivity contribution in [1.29, 1.82) is 0 Å². The van der Waals surface area contributed by atoms with Crippen LogP contribution in [0.25, 0.3) is 11.2 Å². The van der Waals surface area contributed by atoms with Gasteiger partial charge in [0, 0.05) is 0 Å². The van der Waals surface area contributed by atoms with E-state index in [1.54, 1.807) is 25.1 Å². The van der Waals surface area contributed by atoms with Gasteiger partial charge in [-0.2, -0.15) is 15.1 Å². The van der Waals surface area contributed by atoms with Gasteiger partial charge in [-0.25, -0.2) is 13.9 Å². The Morgan fingerprint density at radius 2 is 1.96 bits per heavy atom. The van der Waals surface area contributed by atoms with Gasteiger partial charge >= 0.3 is 13.7 Å². The van der Waals surface area contributed by atoms with Crippen molar-refractivity contribution in [3.8, 4) is 11.6 Å². The Hall–Kier alpha value is -3.66. The summed E-state index contributed by atoms with van der Waals surface area (Å²) in [6, 6.07) is 6.62. The van der Waals surface area contributed by atoms with Gasteiger partial charge in [0.25, 0.3) is 5.85 Å². The zero-order valence-electron chi connectivity index (χ0n) is 26.2. The molecule has 1 aromatic carbocycles. The van der Waals surface area contributed by atoms with E-state index in [4.69, 9.17) is 29.0 Å². The topological polar surface area (TPSA) is 202 Å². The Labute approximate surface area is 269 Å². The van der Waals surface area contributed by atoms with Crippen molar-refractivity contribution < 1.29 is 47.2 Å². The standard InChI is InChI=1S/C30H38FN6O9P/c1-5-42-23-21-22(34-27(32)35-23)37(16-33-21)26-28(39,17(2)3)29(40)25(30(29,31)44-26)46-47(41,45-20-14-10-7-11-15-20)36-18(4)24(38)43-19-12-8-6-9-13-19/h7,10-11,14-16,18-19,25-26,39-40H,2,5-6,8-9,12-13H2,1,3-4H3,(H,36,41)(H2,32,34,35)/t18-,25?,26+,28-,29-,30+,47+/m0/s1. The molecular formula is C30H38FN6O9P. The van der Waals surface area contributed by atoms with Crippen molar-refractivity contribution in [1.82, 2.24) is 24.6 Å². The number of nitrogens with two attached hydrogens (primary N) is 1. The molecule has 3 aliphatic rings. The molecule has 0 bridgehead atoms. The Kier molecular flexibility index (Phi) is 8.56. The van der Waals surface area contributed by atoms with Crippen LogP contribution in [0.1, 0.15) is 59.1 Å². The van der Waals surface area contributed by atoms with Crippen LogP contribution in [-0.4, -0.2) is 77.6 Å². The first-order valence-electron chi connectivity index (χ1n) is 15.4. The second-order valence-corrected chi connectivity index (χ2v) is 13.7. The Morgan fingerprint density at radius 1 is 1.26 bits per heavy atom. The van der Waals surface area contributed by atoms with Gasteiger partial charge in [-0.05, 0) is 64.2 Å². The number of halogens is 1. The van der Waals surface area contributed by atoms with Gasteiger partial charge in [0.15, 0.2) is 34.7 Å². The molecule has 0 amide bonds. The van der Waals surface area contributed by atoms with Crippen molar-refractivity contribution in [3.05, 3.63) is 48.8 Å². The fourth-order valence-corrected chi connectivity index (χ4v) is 7.95. The summed E-state index contributed by atoms with van der Waals surface area (Å²) in [5, 5.41) is 26.4. The molecule has 47 heavy (non-hydrogen) atoms. The van der Waals surface area contributed by atoms with Crippen molar-refractivity contribution >= 4 is 30.8 Å². The molecule has 3 aromatic rings. The van der Waals surface area contributed by atoms with E-state index in [2.05, 4.69) is 26.6 Å². The van der Waals surface area contributed by atoms with Gasteiger partial charge < -0.3 is 34.7 Å². The molecule has 15 nitrogen and oxygen atoms in total. The second kappa shape index (κ2) is 12.1. The molecule has 254 valence electrons. The van der Waals surface area contributed by atoms with Gasteiger partial charge in [0.2, 0.25) is 11.8 Å². The minimum atomic E-state index is -4.71. The first-order chi connectivity index (χ1) is 22.3. The average molecular weight is 677 g/mol. The summed E-state index contributed by atoms with van der Waals surface area (Å²) in [7, 11) is -4.71. The number of alkyl halides is 1. The number of carbonyl (C=O) groups is 1. The normalized spacial score (nSPS) is 30.7. The van der Waals surface area contributed by atoms with Crippen LogP contribution >= 0.6 is 7.75 Å². The number of aliphatic hydroxyl groups is 2. The lowest BCUT2D eigenvalue weighted by Crippen LogP contribution is -2.52. The van der Waals surface area contributed by atoms with Gasteiger partial charge in [0.05, 0.1) is 12.9 Å². The lowest BCUT2D eigenvalue weighted by molar-refractivity contribution is -0.171. The summed E-state index contributed by atoms with van der Waals surface area (Å²) in [5.74, 6) is -3.95. The number of nitrogen functional groups attached to an aromatic ring is 1. The quantitative estimate of drug-likeness (QED) is 0.123. The van der Waals surface area contributed by atoms with E-state index in [9.17, 15) is 19.6 Å². The van der Waals surface area contributed by atoms with E-state index in [-0.39, 0.29) is 47.0 Å². The monoisotopic (exact) mass is 676 g/mol. The highest BCUT2D eigenvalue weighted by atomic mass is 31.2. The van der Waals surface area contributed by atoms with Gasteiger partial charge in [-0.3, -0.25) is 13.9 Å². The van der Waals surface area contributed by atoms with Gasteiger partial charge in [-0.1, -0.05) is 31.2 Å². The molecule has 0 radical (unpaired) electrons. The molecule has 17 heteroatoms. The molecule has 2 saturated carbocycles. The van der Waals surface area contributed by atoms with Crippen molar-refractivity contribution in [2.45, 2.75) is 94.4 Å². The number of benzene rings is 1. The van der Waals surface area contributed by atoms with E-state index in [1.165, 1.54) is 32.3 Å². The number of esters is 1. The van der Waals surface area contributed by atoms with Crippen LogP contribution in [0.5, 0.6) is 11.6 Å². The summed E-state index contributed by atoms with van der Waals surface area (Å²) in [5.41, 5.74) is 0.438. The number of carbonyl (C=O) groups excluding carboxylic acids is 1. The number of fused-ring (bicyclic) bond motifs is 2. The van der Waals surface area contributed by atoms with Crippen LogP contribution < -0.4 is 20.1 Å². The zero-order valence-corrected chi connectivity index (χ0v) is 27.1. The number of aromatic nitrogens is 4. The Balaban J connectivity index is 1.30. The van der Waals surface area contributed by atoms with E-state index < -0.39 is 49.1 Å². The number of hydrogen-bond donors (Lipinski definition) is 4. The molecule has 1 unspecified atom stereocenters. The molecule has 5 N–H and O–H groups in total. The van der Waals surface area contributed by atoms with Crippen LogP contribution in [-0.2, 0) is 23.4 Å². The highest BCUT2D eigenvalue weighted by molar-refractivity contribution is 7.52. The molecule has 1 saturated heterocycles. The molecular weight excluding hydrogens is 638 g/mol. The number of para-hydroxylation sites is 1. The highest BCUT2D eigenvalue weighted by Crippen LogP contribution is 2.73. The molecule has 2 aliphatic carbocycles. The largest absolute Gasteiger partial charge is 0.476 e. The molecule has 7 atom stereocenters. The van der Waals surface area contributed by atoms with E-state index >= 15 is 4.39 Å². The van der Waals surface area contributed by atoms with E-state index in [0.29, 0.717) is 12.8 Å². The maximum absolute atomic E-state index is 16.8.